The van der Waals surface area contributed by atoms with Crippen LogP contribution in [-0.4, -0.2) is 35.4 Å². The minimum atomic E-state index is -4.32. The summed E-state index contributed by atoms with van der Waals surface area (Å²) in [6, 6.07) is 5.70. The maximum absolute atomic E-state index is 12.9. The third-order valence-corrected chi connectivity index (χ3v) is 5.43. The van der Waals surface area contributed by atoms with E-state index in [1.54, 1.807) is 13.1 Å². The molecule has 1 aromatic heterocycles. The molecule has 0 bridgehead atoms. The van der Waals surface area contributed by atoms with Crippen LogP contribution < -0.4 is 10.6 Å². The van der Waals surface area contributed by atoms with Crippen LogP contribution in [0.4, 0.5) is 13.2 Å². The van der Waals surface area contributed by atoms with Crippen LogP contribution in [0, 0.1) is 13.8 Å². The molecule has 0 spiro atoms. The molecule has 2 N–H and O–H groups in total. The fourth-order valence-corrected chi connectivity index (χ4v) is 3.49. The van der Waals surface area contributed by atoms with Crippen molar-refractivity contribution in [2.24, 2.45) is 12.0 Å². The molecule has 0 saturated heterocycles. The average Bonchev–Trinajstić information content (AvgIpc) is 2.92. The van der Waals surface area contributed by atoms with Crippen molar-refractivity contribution >= 4 is 5.96 Å². The Morgan fingerprint density at radius 1 is 1.23 bits per heavy atom. The first-order valence-corrected chi connectivity index (χ1v) is 10.2. The van der Waals surface area contributed by atoms with Gasteiger partial charge in [-0.3, -0.25) is 9.67 Å². The lowest BCUT2D eigenvalue weighted by molar-refractivity contribution is -0.137. The second-order valence-corrected chi connectivity index (χ2v) is 7.83. The zero-order valence-corrected chi connectivity index (χ0v) is 18.6. The van der Waals surface area contributed by atoms with E-state index in [2.05, 4.69) is 34.6 Å². The summed E-state index contributed by atoms with van der Waals surface area (Å²) in [7, 11) is 3.65. The Hall–Kier alpha value is -2.51. The summed E-state index contributed by atoms with van der Waals surface area (Å²) in [4.78, 5) is 4.26. The second kappa shape index (κ2) is 10.00. The number of alkyl halides is 3. The van der Waals surface area contributed by atoms with Gasteiger partial charge >= 0.3 is 6.18 Å². The minimum Gasteiger partial charge on any atom is -0.356 e. The van der Waals surface area contributed by atoms with E-state index in [9.17, 15) is 13.2 Å². The van der Waals surface area contributed by atoms with Crippen LogP contribution in [0.15, 0.2) is 29.3 Å². The molecule has 166 valence electrons. The number of hydrogen-bond acceptors (Lipinski definition) is 2. The Kier molecular flexibility index (Phi) is 7.92. The summed E-state index contributed by atoms with van der Waals surface area (Å²) in [6.07, 6.45) is -2.80. The molecule has 0 aliphatic heterocycles. The van der Waals surface area contributed by atoms with Gasteiger partial charge in [0.1, 0.15) is 0 Å². The number of rotatable bonds is 7. The van der Waals surface area contributed by atoms with E-state index >= 15 is 0 Å². The van der Waals surface area contributed by atoms with Crippen molar-refractivity contribution in [1.29, 1.82) is 0 Å². The first-order valence-electron chi connectivity index (χ1n) is 10.2. The smallest absolute Gasteiger partial charge is 0.356 e. The van der Waals surface area contributed by atoms with Crippen molar-refractivity contribution < 1.29 is 13.2 Å². The van der Waals surface area contributed by atoms with Gasteiger partial charge in [0, 0.05) is 32.4 Å². The second-order valence-electron chi connectivity index (χ2n) is 7.83. The molecule has 8 heteroatoms. The van der Waals surface area contributed by atoms with Gasteiger partial charge in [-0.2, -0.15) is 18.3 Å². The predicted octanol–water partition coefficient (Wildman–Crippen LogP) is 4.35. The van der Waals surface area contributed by atoms with Crippen molar-refractivity contribution in [2.75, 3.05) is 13.6 Å². The van der Waals surface area contributed by atoms with Gasteiger partial charge in [-0.1, -0.05) is 25.1 Å². The van der Waals surface area contributed by atoms with Crippen molar-refractivity contribution in [3.63, 3.8) is 0 Å². The van der Waals surface area contributed by atoms with Gasteiger partial charge in [-0.15, -0.1) is 0 Å². The van der Waals surface area contributed by atoms with Crippen LogP contribution >= 0.6 is 0 Å². The van der Waals surface area contributed by atoms with Crippen molar-refractivity contribution in [3.05, 3.63) is 52.3 Å². The number of benzene rings is 1. The largest absolute Gasteiger partial charge is 0.416 e. The highest BCUT2D eigenvalue weighted by molar-refractivity contribution is 5.79. The summed E-state index contributed by atoms with van der Waals surface area (Å²) in [5.74, 6) is 0.675. The van der Waals surface area contributed by atoms with Crippen LogP contribution in [0.2, 0.25) is 0 Å². The van der Waals surface area contributed by atoms with Crippen LogP contribution in [0.3, 0.4) is 0 Å². The lowest BCUT2D eigenvalue weighted by atomic mass is 9.96. The topological polar surface area (TPSA) is 54.2 Å². The summed E-state index contributed by atoms with van der Waals surface area (Å²) in [5.41, 5.74) is 3.49. The Bertz CT molecular complexity index is 870. The van der Waals surface area contributed by atoms with Gasteiger partial charge in [0.15, 0.2) is 5.96 Å². The SMILES string of the molecule is CN=C(NCCC(C)c1cccc(C(F)(F)F)c1)NC(C)Cc1c(C)nn(C)c1C. The zero-order chi connectivity index (χ0) is 22.5. The quantitative estimate of drug-likeness (QED) is 0.514. The maximum Gasteiger partial charge on any atom is 0.416 e. The molecular weight excluding hydrogens is 391 g/mol. The van der Waals surface area contributed by atoms with Gasteiger partial charge in [-0.05, 0) is 56.7 Å². The highest BCUT2D eigenvalue weighted by atomic mass is 19.4. The molecule has 1 aromatic carbocycles. The Balaban J connectivity index is 1.87. The number of guanidine groups is 1. The van der Waals surface area contributed by atoms with Crippen molar-refractivity contribution in [1.82, 2.24) is 20.4 Å². The third-order valence-electron chi connectivity index (χ3n) is 5.43. The lowest BCUT2D eigenvalue weighted by Crippen LogP contribution is -2.43. The molecule has 0 saturated carbocycles. The molecule has 0 radical (unpaired) electrons. The highest BCUT2D eigenvalue weighted by Crippen LogP contribution is 2.31. The van der Waals surface area contributed by atoms with Gasteiger partial charge in [0.2, 0.25) is 0 Å². The van der Waals surface area contributed by atoms with Gasteiger partial charge in [-0.25, -0.2) is 0 Å². The highest BCUT2D eigenvalue weighted by Gasteiger charge is 2.30. The molecule has 0 aliphatic carbocycles. The number of hydrogen-bond donors (Lipinski definition) is 2. The molecule has 2 aromatic rings. The Morgan fingerprint density at radius 3 is 2.50 bits per heavy atom. The standard InChI is InChI=1S/C22H32F3N5/c1-14(18-8-7-9-19(13-18)22(23,24)25)10-11-27-21(26-5)28-15(2)12-20-16(3)29-30(6)17(20)4/h7-9,13-15H,10-12H2,1-6H3,(H2,26,27,28). The van der Waals surface area contributed by atoms with Crippen molar-refractivity contribution in [2.45, 2.75) is 58.7 Å². The van der Waals surface area contributed by atoms with E-state index in [0.717, 1.165) is 23.9 Å². The molecule has 0 aliphatic rings. The molecule has 2 rings (SSSR count). The van der Waals surface area contributed by atoms with Crippen LogP contribution in [-0.2, 0) is 19.6 Å². The first-order chi connectivity index (χ1) is 14.0. The maximum atomic E-state index is 12.9. The lowest BCUT2D eigenvalue weighted by Gasteiger charge is -2.19. The molecule has 0 fully saturated rings. The number of nitrogens with one attached hydrogen (secondary N) is 2. The van der Waals surface area contributed by atoms with E-state index in [1.807, 2.05) is 25.6 Å². The van der Waals surface area contributed by atoms with Crippen LogP contribution in [0.5, 0.6) is 0 Å². The summed E-state index contributed by atoms with van der Waals surface area (Å²) in [6.45, 7) is 8.70. The van der Waals surface area contributed by atoms with Crippen LogP contribution in [0.25, 0.3) is 0 Å². The first kappa shape index (κ1) is 23.8. The fourth-order valence-electron chi connectivity index (χ4n) is 3.49. The fraction of sp³-hybridized carbons (Fsp3) is 0.545. The van der Waals surface area contributed by atoms with Crippen molar-refractivity contribution in [3.8, 4) is 0 Å². The minimum absolute atomic E-state index is 0.00368. The molecule has 0 amide bonds. The number of aromatic nitrogens is 2. The third kappa shape index (κ3) is 6.24. The summed E-state index contributed by atoms with van der Waals surface area (Å²) < 4.78 is 40.7. The summed E-state index contributed by atoms with van der Waals surface area (Å²) in [5, 5.41) is 11.1. The van der Waals surface area contributed by atoms with E-state index in [1.165, 1.54) is 17.7 Å². The molecule has 2 atom stereocenters. The van der Waals surface area contributed by atoms with Crippen LogP contribution in [0.1, 0.15) is 54.3 Å². The number of aryl methyl sites for hydroxylation is 2. The Labute approximate surface area is 176 Å². The zero-order valence-electron chi connectivity index (χ0n) is 18.6. The summed E-state index contributed by atoms with van der Waals surface area (Å²) >= 11 is 0. The number of halogens is 3. The molecule has 30 heavy (non-hydrogen) atoms. The molecular formula is C22H32F3N5. The average molecular weight is 424 g/mol. The monoisotopic (exact) mass is 423 g/mol. The molecule has 5 nitrogen and oxygen atoms in total. The Morgan fingerprint density at radius 2 is 1.93 bits per heavy atom. The molecule has 1 heterocycles. The van der Waals surface area contributed by atoms with Gasteiger partial charge < -0.3 is 10.6 Å². The number of nitrogens with zero attached hydrogens (tertiary/aromatic N) is 3. The number of aliphatic imine (C=N–C) groups is 1. The predicted molar refractivity (Wildman–Crippen MR) is 115 cm³/mol. The van der Waals surface area contributed by atoms with Gasteiger partial charge in [0.05, 0.1) is 11.3 Å². The molecule has 2 unspecified atom stereocenters. The normalized spacial score (nSPS) is 14.5. The van der Waals surface area contributed by atoms with E-state index in [0.29, 0.717) is 24.5 Å². The van der Waals surface area contributed by atoms with E-state index < -0.39 is 11.7 Å². The van der Waals surface area contributed by atoms with Gasteiger partial charge in [0.25, 0.3) is 0 Å². The van der Waals surface area contributed by atoms with E-state index in [4.69, 9.17) is 0 Å². The van der Waals surface area contributed by atoms with E-state index in [-0.39, 0.29) is 12.0 Å².